The van der Waals surface area contributed by atoms with Crippen LogP contribution >= 0.6 is 0 Å². The summed E-state index contributed by atoms with van der Waals surface area (Å²) in [5, 5.41) is -10.1. The van der Waals surface area contributed by atoms with Gasteiger partial charge in [0, 0.05) is 0 Å². The third-order valence-electron chi connectivity index (χ3n) is 1.42. The maximum atomic E-state index is 11.7. The Hall–Kier alpha value is 0.123. The molecule has 0 N–H and O–H groups in total. The molecule has 0 saturated heterocycles. The molecular formula is C4H6F6Ge. The van der Waals surface area contributed by atoms with Crippen molar-refractivity contribution in [2.75, 3.05) is 0 Å². The van der Waals surface area contributed by atoms with E-state index in [-0.39, 0.29) is 0 Å². The van der Waals surface area contributed by atoms with Gasteiger partial charge in [0.1, 0.15) is 0 Å². The third kappa shape index (κ3) is 2.03. The van der Waals surface area contributed by atoms with Crippen molar-refractivity contribution >= 4 is 13.3 Å². The molecule has 0 bridgehead atoms. The van der Waals surface area contributed by atoms with Crippen LogP contribution in [0.15, 0.2) is 0 Å². The molecule has 0 aliphatic carbocycles. The average molecular weight is 241 g/mol. The number of halogens is 6. The first kappa shape index (κ1) is 11.1. The van der Waals surface area contributed by atoms with E-state index < -0.39 is 23.3 Å². The van der Waals surface area contributed by atoms with Crippen LogP contribution in [0.2, 0.25) is 11.5 Å². The van der Waals surface area contributed by atoms with E-state index in [1.807, 2.05) is 0 Å². The van der Waals surface area contributed by atoms with Gasteiger partial charge in [-0.1, -0.05) is 0 Å². The maximum absolute atomic E-state index is 11.7. The third-order valence-corrected chi connectivity index (χ3v) is 7.36. The molecule has 0 radical (unpaired) electrons. The van der Waals surface area contributed by atoms with Crippen LogP contribution in [0, 0.1) is 0 Å². The second-order valence-corrected chi connectivity index (χ2v) is 11.8. The quantitative estimate of drug-likeness (QED) is 0.451. The topological polar surface area (TPSA) is 0 Å². The fourth-order valence-corrected chi connectivity index (χ4v) is 0.835. The van der Waals surface area contributed by atoms with Crippen LogP contribution in [0.25, 0.3) is 0 Å². The predicted molar refractivity (Wildman–Crippen MR) is 29.6 cm³/mol. The minimum absolute atomic E-state index is 0.292. The minimum atomic E-state index is -5.62. The molecule has 68 valence electrons. The second kappa shape index (κ2) is 2.57. The summed E-state index contributed by atoms with van der Waals surface area (Å²) in [7, 11) is 0. The SMILES string of the molecule is [CH3][Ge]([CH3])([C](F)(F)F)[C](F)(F)F. The Balaban J connectivity index is 4.75. The van der Waals surface area contributed by atoms with Gasteiger partial charge in [-0.15, -0.1) is 0 Å². The van der Waals surface area contributed by atoms with Gasteiger partial charge in [0.15, 0.2) is 0 Å². The van der Waals surface area contributed by atoms with Gasteiger partial charge in [-0.05, 0) is 0 Å². The number of alkyl halides is 6. The number of hydrogen-bond donors (Lipinski definition) is 0. The van der Waals surface area contributed by atoms with Crippen LogP contribution in [0.5, 0.6) is 0 Å². The first-order chi connectivity index (χ1) is 4.50. The van der Waals surface area contributed by atoms with Crippen molar-refractivity contribution in [1.29, 1.82) is 0 Å². The Labute approximate surface area is 61.9 Å². The monoisotopic (exact) mass is 242 g/mol. The summed E-state index contributed by atoms with van der Waals surface area (Å²) in [6, 6.07) is 0. The molecule has 0 heterocycles. The summed E-state index contributed by atoms with van der Waals surface area (Å²) < 4.78 is 70.2. The number of rotatable bonds is 0. The molecule has 0 rings (SSSR count). The van der Waals surface area contributed by atoms with Crippen molar-refractivity contribution in [3.05, 3.63) is 0 Å². The van der Waals surface area contributed by atoms with Crippen molar-refractivity contribution in [2.45, 2.75) is 21.5 Å². The molecule has 0 saturated carbocycles. The van der Waals surface area contributed by atoms with Crippen molar-refractivity contribution in [3.8, 4) is 0 Å². The van der Waals surface area contributed by atoms with Crippen LogP contribution in [-0.2, 0) is 0 Å². The summed E-state index contributed by atoms with van der Waals surface area (Å²) in [4.78, 5) is 0. The first-order valence-electron chi connectivity index (χ1n) is 2.63. The Bertz CT molecular complexity index is 126. The molecular weight excluding hydrogens is 235 g/mol. The zero-order valence-corrected chi connectivity index (χ0v) is 7.87. The standard InChI is InChI=1S/C4H6F6Ge/c1-11(2,3(5,6)7)4(8,9)10/h1-2H3. The molecule has 0 aliphatic rings. The van der Waals surface area contributed by atoms with Gasteiger partial charge >= 0.3 is 61.1 Å². The molecule has 0 atom stereocenters. The first-order valence-corrected chi connectivity index (χ1v) is 8.93. The molecule has 0 spiro atoms. The van der Waals surface area contributed by atoms with Gasteiger partial charge in [-0.25, -0.2) is 0 Å². The van der Waals surface area contributed by atoms with Crippen LogP contribution in [0.3, 0.4) is 0 Å². The van der Waals surface area contributed by atoms with Crippen molar-refractivity contribution in [2.24, 2.45) is 0 Å². The second-order valence-electron chi connectivity index (χ2n) is 2.62. The predicted octanol–water partition coefficient (Wildman–Crippen LogP) is 2.90. The van der Waals surface area contributed by atoms with Gasteiger partial charge in [0.2, 0.25) is 0 Å². The Kier molecular flexibility index (Phi) is 2.59. The summed E-state index contributed by atoms with van der Waals surface area (Å²) in [5.41, 5.74) is 0. The average Bonchev–Trinajstić information content (AvgIpc) is 1.58. The van der Waals surface area contributed by atoms with Crippen LogP contribution < -0.4 is 0 Å². The molecule has 11 heavy (non-hydrogen) atoms. The molecule has 0 aliphatic heterocycles. The van der Waals surface area contributed by atoms with Crippen molar-refractivity contribution in [1.82, 2.24) is 0 Å². The van der Waals surface area contributed by atoms with Crippen molar-refractivity contribution < 1.29 is 26.3 Å². The summed E-state index contributed by atoms with van der Waals surface area (Å²) in [6.07, 6.45) is 0. The van der Waals surface area contributed by atoms with E-state index in [0.29, 0.717) is 11.5 Å². The van der Waals surface area contributed by atoms with E-state index in [1.54, 1.807) is 0 Å². The molecule has 0 fully saturated rings. The molecule has 0 aromatic carbocycles. The fraction of sp³-hybridized carbons (Fsp3) is 1.00. The van der Waals surface area contributed by atoms with E-state index in [9.17, 15) is 26.3 Å². The molecule has 7 heteroatoms. The van der Waals surface area contributed by atoms with Crippen LogP contribution in [-0.4, -0.2) is 23.3 Å². The van der Waals surface area contributed by atoms with Crippen LogP contribution in [0.1, 0.15) is 0 Å². The molecule has 0 aromatic rings. The van der Waals surface area contributed by atoms with E-state index in [1.165, 1.54) is 0 Å². The zero-order chi connectivity index (χ0) is 9.50. The van der Waals surface area contributed by atoms with Crippen molar-refractivity contribution in [3.63, 3.8) is 0 Å². The van der Waals surface area contributed by atoms with E-state index >= 15 is 0 Å². The van der Waals surface area contributed by atoms with Gasteiger partial charge in [0.05, 0.1) is 0 Å². The summed E-state index contributed by atoms with van der Waals surface area (Å²) >= 11 is -5.62. The number of hydrogen-bond acceptors (Lipinski definition) is 0. The van der Waals surface area contributed by atoms with E-state index in [0.717, 1.165) is 0 Å². The van der Waals surface area contributed by atoms with Crippen LogP contribution in [0.4, 0.5) is 26.3 Å². The van der Waals surface area contributed by atoms with Gasteiger partial charge < -0.3 is 0 Å². The Morgan fingerprint density at radius 1 is 0.727 bits per heavy atom. The summed E-state index contributed by atoms with van der Waals surface area (Å²) in [6.45, 7) is 0. The molecule has 0 amide bonds. The Morgan fingerprint density at radius 2 is 0.909 bits per heavy atom. The molecule has 0 unspecified atom stereocenters. The fourth-order valence-electron chi connectivity index (χ4n) is 0.161. The van der Waals surface area contributed by atoms with Gasteiger partial charge in [-0.3, -0.25) is 0 Å². The normalized spacial score (nSPS) is 15.3. The summed E-state index contributed by atoms with van der Waals surface area (Å²) in [5.74, 6) is 0.583. The molecule has 0 aromatic heterocycles. The Morgan fingerprint density at radius 3 is 0.909 bits per heavy atom. The van der Waals surface area contributed by atoms with E-state index in [4.69, 9.17) is 0 Å². The van der Waals surface area contributed by atoms with Gasteiger partial charge in [-0.2, -0.15) is 0 Å². The zero-order valence-electron chi connectivity index (χ0n) is 5.77. The molecule has 0 nitrogen and oxygen atoms in total. The van der Waals surface area contributed by atoms with Gasteiger partial charge in [0.25, 0.3) is 0 Å². The van der Waals surface area contributed by atoms with E-state index in [2.05, 4.69) is 0 Å².